The van der Waals surface area contributed by atoms with Crippen molar-refractivity contribution >= 4 is 11.6 Å². The number of benzene rings is 2. The van der Waals surface area contributed by atoms with Gasteiger partial charge in [0.2, 0.25) is 0 Å². The van der Waals surface area contributed by atoms with E-state index in [1.807, 2.05) is 12.1 Å². The molecule has 0 atom stereocenters. The number of aliphatic hydroxyl groups is 1. The van der Waals surface area contributed by atoms with Gasteiger partial charge in [-0.05, 0) is 66.0 Å². The number of rotatable bonds is 8. The summed E-state index contributed by atoms with van der Waals surface area (Å²) >= 11 is 0. The lowest BCUT2D eigenvalue weighted by Gasteiger charge is -2.63. The Morgan fingerprint density at radius 2 is 1.54 bits per heavy atom. The lowest BCUT2D eigenvalue weighted by molar-refractivity contribution is -0.164. The quantitative estimate of drug-likeness (QED) is 0.363. The Bertz CT molecular complexity index is 1420. The fraction of sp³-hybridized carbons (Fsp3) is 0.632. The SMILES string of the molecule is COc1cc(OC2C(C)(C)C(NC(=O)c3ccc(N4CC(C)(C)C(CN5CCC(O)CC5)C(C)(C)C4)cc3)C2(C)C)ccc1C#N. The van der Waals surface area contributed by atoms with Gasteiger partial charge in [-0.1, -0.05) is 55.4 Å². The fourth-order valence-electron chi connectivity index (χ4n) is 9.17. The summed E-state index contributed by atoms with van der Waals surface area (Å²) in [6.07, 6.45) is 1.45. The van der Waals surface area contributed by atoms with Crippen LogP contribution in [0.3, 0.4) is 0 Å². The Morgan fingerprint density at radius 1 is 0.957 bits per heavy atom. The minimum absolute atomic E-state index is 0.0813. The molecule has 1 aliphatic carbocycles. The van der Waals surface area contributed by atoms with E-state index >= 15 is 0 Å². The molecular formula is C38H54N4O4. The number of hydrogen-bond acceptors (Lipinski definition) is 7. The number of nitrogens with one attached hydrogen (secondary N) is 1. The smallest absolute Gasteiger partial charge is 0.251 e. The van der Waals surface area contributed by atoms with Gasteiger partial charge in [0.1, 0.15) is 23.7 Å². The highest BCUT2D eigenvalue weighted by Crippen LogP contribution is 2.56. The van der Waals surface area contributed by atoms with Crippen molar-refractivity contribution in [1.29, 1.82) is 5.26 Å². The van der Waals surface area contributed by atoms with Gasteiger partial charge in [0.15, 0.2) is 0 Å². The van der Waals surface area contributed by atoms with E-state index in [4.69, 9.17) is 9.47 Å². The molecule has 2 saturated heterocycles. The van der Waals surface area contributed by atoms with E-state index in [2.05, 4.69) is 88.7 Å². The highest BCUT2D eigenvalue weighted by atomic mass is 16.5. The maximum Gasteiger partial charge on any atom is 0.251 e. The van der Waals surface area contributed by atoms with Gasteiger partial charge in [-0.25, -0.2) is 0 Å². The molecule has 1 amide bonds. The van der Waals surface area contributed by atoms with Crippen molar-refractivity contribution < 1.29 is 19.4 Å². The van der Waals surface area contributed by atoms with Crippen molar-refractivity contribution in [2.75, 3.05) is 44.7 Å². The first kappa shape index (κ1) is 34.1. The van der Waals surface area contributed by atoms with E-state index in [-0.39, 0.29) is 45.8 Å². The summed E-state index contributed by atoms with van der Waals surface area (Å²) in [4.78, 5) is 18.6. The van der Waals surface area contributed by atoms with E-state index in [1.54, 1.807) is 25.3 Å². The van der Waals surface area contributed by atoms with Crippen LogP contribution in [-0.4, -0.2) is 74.0 Å². The largest absolute Gasteiger partial charge is 0.495 e. The number of nitriles is 1. The predicted molar refractivity (Wildman–Crippen MR) is 182 cm³/mol. The Balaban J connectivity index is 1.22. The van der Waals surface area contributed by atoms with Gasteiger partial charge in [0, 0.05) is 66.9 Å². The van der Waals surface area contributed by atoms with Crippen molar-refractivity contribution in [1.82, 2.24) is 10.2 Å². The van der Waals surface area contributed by atoms with E-state index in [0.29, 0.717) is 28.5 Å². The normalized spacial score (nSPS) is 25.6. The lowest BCUT2D eigenvalue weighted by atomic mass is 9.49. The molecule has 2 N–H and O–H groups in total. The van der Waals surface area contributed by atoms with Crippen LogP contribution in [0.2, 0.25) is 0 Å². The summed E-state index contributed by atoms with van der Waals surface area (Å²) in [5.41, 5.74) is 1.83. The topological polar surface area (TPSA) is 98.1 Å². The Labute approximate surface area is 276 Å². The molecule has 0 bridgehead atoms. The number of piperidine rings is 2. The van der Waals surface area contributed by atoms with Crippen LogP contribution in [-0.2, 0) is 0 Å². The number of carbonyl (C=O) groups is 1. The summed E-state index contributed by atoms with van der Waals surface area (Å²) in [5.74, 6) is 1.59. The van der Waals surface area contributed by atoms with Crippen LogP contribution in [0.25, 0.3) is 0 Å². The third-order valence-corrected chi connectivity index (χ3v) is 11.2. The first-order valence-electron chi connectivity index (χ1n) is 16.8. The molecule has 3 fully saturated rings. The summed E-state index contributed by atoms with van der Waals surface area (Å²) in [5, 5.41) is 22.6. The molecule has 8 heteroatoms. The van der Waals surface area contributed by atoms with E-state index in [0.717, 1.165) is 51.3 Å². The molecule has 0 spiro atoms. The van der Waals surface area contributed by atoms with Crippen LogP contribution in [0.15, 0.2) is 42.5 Å². The maximum atomic E-state index is 13.6. The van der Waals surface area contributed by atoms with Gasteiger partial charge in [0.05, 0.1) is 18.8 Å². The fourth-order valence-corrected chi connectivity index (χ4v) is 9.17. The third-order valence-electron chi connectivity index (χ3n) is 11.2. The Kier molecular flexibility index (Phi) is 9.18. The van der Waals surface area contributed by atoms with Crippen molar-refractivity contribution in [2.45, 2.75) is 86.5 Å². The number of likely N-dealkylation sites (tertiary alicyclic amines) is 1. The zero-order valence-corrected chi connectivity index (χ0v) is 29.3. The van der Waals surface area contributed by atoms with Gasteiger partial charge in [-0.2, -0.15) is 5.26 Å². The second-order valence-electron chi connectivity index (χ2n) is 16.5. The average Bonchev–Trinajstić information content (AvgIpc) is 3.00. The van der Waals surface area contributed by atoms with E-state index in [1.165, 1.54) is 0 Å². The van der Waals surface area contributed by atoms with Gasteiger partial charge < -0.3 is 29.7 Å². The molecule has 8 nitrogen and oxygen atoms in total. The minimum atomic E-state index is -0.324. The molecule has 2 aromatic carbocycles. The second kappa shape index (κ2) is 12.4. The predicted octanol–water partition coefficient (Wildman–Crippen LogP) is 6.12. The molecule has 2 heterocycles. The summed E-state index contributed by atoms with van der Waals surface area (Å²) in [6, 6.07) is 15.4. The number of methoxy groups -OCH3 is 1. The molecule has 0 aromatic heterocycles. The van der Waals surface area contributed by atoms with Gasteiger partial charge in [-0.15, -0.1) is 0 Å². The number of aliphatic hydroxyl groups excluding tert-OH is 1. The van der Waals surface area contributed by atoms with Crippen molar-refractivity contribution in [3.63, 3.8) is 0 Å². The van der Waals surface area contributed by atoms with Crippen LogP contribution in [0.1, 0.15) is 84.2 Å². The highest BCUT2D eigenvalue weighted by molar-refractivity contribution is 5.95. The molecule has 5 rings (SSSR count). The van der Waals surface area contributed by atoms with Crippen LogP contribution in [0, 0.1) is 38.9 Å². The molecule has 46 heavy (non-hydrogen) atoms. The number of carbonyl (C=O) groups excluding carboxylic acids is 1. The molecule has 2 aliphatic heterocycles. The van der Waals surface area contributed by atoms with E-state index < -0.39 is 0 Å². The minimum Gasteiger partial charge on any atom is -0.495 e. The standard InChI is InChI=1S/C38H54N4O4/c1-35(2)23-42(24-36(3,4)31(35)22-41-18-16-28(43)17-19-41)27-13-10-25(11-14-27)32(44)40-33-37(5,6)34(38(33,7)8)46-29-15-12-26(21-39)30(20-29)45-9/h10-15,20,28,31,33-34,43H,16-19,22-24H2,1-9H3,(H,40,44). The van der Waals surface area contributed by atoms with Crippen LogP contribution < -0.4 is 19.7 Å². The second-order valence-corrected chi connectivity index (χ2v) is 16.5. The number of hydrogen-bond donors (Lipinski definition) is 2. The Hall–Kier alpha value is -3.28. The molecule has 0 unspecified atom stereocenters. The summed E-state index contributed by atoms with van der Waals surface area (Å²) < 4.78 is 11.8. The van der Waals surface area contributed by atoms with Gasteiger partial charge >= 0.3 is 0 Å². The van der Waals surface area contributed by atoms with Crippen LogP contribution in [0.4, 0.5) is 5.69 Å². The molecular weight excluding hydrogens is 576 g/mol. The van der Waals surface area contributed by atoms with Crippen molar-refractivity contribution in [3.05, 3.63) is 53.6 Å². The summed E-state index contributed by atoms with van der Waals surface area (Å²) in [6.45, 7) is 23.0. The molecule has 2 aromatic rings. The third kappa shape index (κ3) is 6.46. The monoisotopic (exact) mass is 630 g/mol. The first-order valence-corrected chi connectivity index (χ1v) is 16.8. The van der Waals surface area contributed by atoms with Gasteiger partial charge in [-0.3, -0.25) is 4.79 Å². The van der Waals surface area contributed by atoms with E-state index in [9.17, 15) is 15.2 Å². The highest BCUT2D eigenvalue weighted by Gasteiger charge is 2.64. The maximum absolute atomic E-state index is 13.6. The molecule has 250 valence electrons. The number of ether oxygens (including phenoxy) is 2. The molecule has 3 aliphatic rings. The number of nitrogens with zero attached hydrogens (tertiary/aromatic N) is 3. The number of amides is 1. The zero-order chi connectivity index (χ0) is 33.7. The molecule has 1 saturated carbocycles. The zero-order valence-electron chi connectivity index (χ0n) is 29.3. The van der Waals surface area contributed by atoms with Crippen LogP contribution >= 0.6 is 0 Å². The number of anilines is 1. The van der Waals surface area contributed by atoms with Crippen LogP contribution in [0.5, 0.6) is 11.5 Å². The van der Waals surface area contributed by atoms with Crippen molar-refractivity contribution in [3.8, 4) is 17.6 Å². The van der Waals surface area contributed by atoms with Crippen molar-refractivity contribution in [2.24, 2.45) is 27.6 Å². The molecule has 0 radical (unpaired) electrons. The lowest BCUT2D eigenvalue weighted by Crippen LogP contribution is -2.74. The Morgan fingerprint density at radius 3 is 2.09 bits per heavy atom. The van der Waals surface area contributed by atoms with Gasteiger partial charge in [0.25, 0.3) is 5.91 Å². The summed E-state index contributed by atoms with van der Waals surface area (Å²) in [7, 11) is 1.55. The average molecular weight is 631 g/mol. The first-order chi connectivity index (χ1) is 21.5.